The van der Waals surface area contributed by atoms with Gasteiger partial charge in [0.15, 0.2) is 6.29 Å². The molecule has 0 unspecified atom stereocenters. The van der Waals surface area contributed by atoms with Crippen LogP contribution in [0.4, 0.5) is 10.5 Å². The number of hydrogen-bond acceptors (Lipinski definition) is 9. The van der Waals surface area contributed by atoms with Crippen LogP contribution in [-0.2, 0) is 25.6 Å². The summed E-state index contributed by atoms with van der Waals surface area (Å²) >= 11 is 1.30. The average molecular weight is 596 g/mol. The number of rotatable bonds is 11. The molecule has 11 nitrogen and oxygen atoms in total. The number of amides is 2. The van der Waals surface area contributed by atoms with Gasteiger partial charge in [-0.2, -0.15) is 0 Å². The zero-order valence-electron chi connectivity index (χ0n) is 23.2. The summed E-state index contributed by atoms with van der Waals surface area (Å²) in [4.78, 5) is 39.8. The van der Waals surface area contributed by atoms with Crippen molar-refractivity contribution in [2.75, 3.05) is 24.2 Å². The lowest BCUT2D eigenvalue weighted by Crippen LogP contribution is -2.38. The van der Waals surface area contributed by atoms with Gasteiger partial charge in [0.2, 0.25) is 0 Å². The van der Waals surface area contributed by atoms with Crippen molar-refractivity contribution in [3.05, 3.63) is 89.1 Å². The van der Waals surface area contributed by atoms with E-state index in [1.807, 2.05) is 37.3 Å². The lowest BCUT2D eigenvalue weighted by atomic mass is 9.91. The Morgan fingerprint density at radius 3 is 2.55 bits per heavy atom. The third-order valence-electron chi connectivity index (χ3n) is 6.62. The van der Waals surface area contributed by atoms with Gasteiger partial charge in [0.05, 0.1) is 31.0 Å². The second-order valence-corrected chi connectivity index (χ2v) is 10.5. The molecule has 0 bridgehead atoms. The maximum atomic E-state index is 12.3. The van der Waals surface area contributed by atoms with E-state index < -0.39 is 24.3 Å². The highest BCUT2D eigenvalue weighted by molar-refractivity contribution is 7.99. The second kappa shape index (κ2) is 14.8. The number of aliphatic hydroxyl groups is 1. The van der Waals surface area contributed by atoms with E-state index in [1.54, 1.807) is 37.4 Å². The maximum Gasteiger partial charge on any atom is 0.338 e. The SMILES string of the molecule is CCOC(=O)CNC(=O)Nc1cccc([C@@H]2O[C@H](CSc3ncccc3C(=O)O)[C@H](C)[C@H](c3ccc(CO)cc3)O2)c1. The molecule has 222 valence electrons. The van der Waals surface area contributed by atoms with E-state index >= 15 is 0 Å². The van der Waals surface area contributed by atoms with Crippen LogP contribution in [0.2, 0.25) is 0 Å². The molecule has 1 aliphatic heterocycles. The van der Waals surface area contributed by atoms with E-state index in [-0.39, 0.29) is 43.4 Å². The van der Waals surface area contributed by atoms with Gasteiger partial charge in [0.25, 0.3) is 0 Å². The van der Waals surface area contributed by atoms with E-state index in [4.69, 9.17) is 14.2 Å². The number of hydrogen-bond donors (Lipinski definition) is 4. The molecule has 2 amide bonds. The molecule has 0 radical (unpaired) electrons. The standard InChI is InChI=1S/C30H33N3O8S/c1-3-39-25(35)15-32-30(38)33-22-7-4-6-21(14-22)29-40-24(17-42-27-23(28(36)37)8-5-13-31-27)18(2)26(41-29)20-11-9-19(16-34)10-12-20/h4-14,18,24,26,29,34H,3,15-17H2,1-2H3,(H,36,37)(H2,32,33,38)/t18-,24+,26+,29+/m0/s1. The van der Waals surface area contributed by atoms with Crippen molar-refractivity contribution in [2.45, 2.75) is 44.0 Å². The van der Waals surface area contributed by atoms with Crippen LogP contribution < -0.4 is 10.6 Å². The number of aromatic nitrogens is 1. The molecule has 1 fully saturated rings. The van der Waals surface area contributed by atoms with Gasteiger partial charge in [0, 0.05) is 29.1 Å². The first kappa shape index (κ1) is 31.0. The molecule has 0 aliphatic carbocycles. The predicted molar refractivity (Wildman–Crippen MR) is 155 cm³/mol. The number of thioether (sulfide) groups is 1. The summed E-state index contributed by atoms with van der Waals surface area (Å²) in [6.07, 6.45) is 0.0127. The van der Waals surface area contributed by atoms with Crippen LogP contribution in [0.15, 0.2) is 71.9 Å². The Kier molecular flexibility index (Phi) is 10.9. The molecule has 4 atom stereocenters. The minimum Gasteiger partial charge on any atom is -0.478 e. The number of carbonyl (C=O) groups excluding carboxylic acids is 2. The van der Waals surface area contributed by atoms with E-state index in [2.05, 4.69) is 15.6 Å². The first-order valence-electron chi connectivity index (χ1n) is 13.4. The molecular formula is C30H33N3O8S. The minimum absolute atomic E-state index is 0.0739. The first-order chi connectivity index (χ1) is 20.3. The number of carboxylic acids is 1. The van der Waals surface area contributed by atoms with Crippen molar-refractivity contribution in [1.29, 1.82) is 0 Å². The average Bonchev–Trinajstić information content (AvgIpc) is 3.00. The fourth-order valence-corrected chi connectivity index (χ4v) is 5.59. The van der Waals surface area contributed by atoms with Crippen LogP contribution in [-0.4, -0.2) is 58.2 Å². The Morgan fingerprint density at radius 1 is 1.05 bits per heavy atom. The quantitative estimate of drug-likeness (QED) is 0.183. The van der Waals surface area contributed by atoms with Crippen LogP contribution in [0, 0.1) is 5.92 Å². The molecule has 2 aromatic carbocycles. The van der Waals surface area contributed by atoms with Crippen molar-refractivity contribution in [1.82, 2.24) is 10.3 Å². The van der Waals surface area contributed by atoms with E-state index in [1.165, 1.54) is 17.8 Å². The molecule has 12 heteroatoms. The lowest BCUT2D eigenvalue weighted by Gasteiger charge is -2.41. The summed E-state index contributed by atoms with van der Waals surface area (Å²) in [6.45, 7) is 3.58. The molecule has 3 aromatic rings. The number of carboxylic acid groups (broad SMARTS) is 1. The van der Waals surface area contributed by atoms with E-state index in [9.17, 15) is 24.6 Å². The molecule has 2 heterocycles. The summed E-state index contributed by atoms with van der Waals surface area (Å²) in [5.41, 5.74) is 2.92. The van der Waals surface area contributed by atoms with Crippen LogP contribution in [0.1, 0.15) is 53.3 Å². The fourth-order valence-electron chi connectivity index (χ4n) is 4.44. The monoisotopic (exact) mass is 595 g/mol. The Morgan fingerprint density at radius 2 is 1.83 bits per heavy atom. The summed E-state index contributed by atoms with van der Waals surface area (Å²) in [7, 11) is 0. The highest BCUT2D eigenvalue weighted by Crippen LogP contribution is 2.43. The molecule has 4 rings (SSSR count). The van der Waals surface area contributed by atoms with Gasteiger partial charge in [-0.3, -0.25) is 4.79 Å². The number of aromatic carboxylic acids is 1. The highest BCUT2D eigenvalue weighted by atomic mass is 32.2. The number of aliphatic hydroxyl groups excluding tert-OH is 1. The Hall–Kier alpha value is -3.97. The van der Waals surface area contributed by atoms with E-state index in [0.29, 0.717) is 22.0 Å². The molecule has 1 aliphatic rings. The van der Waals surface area contributed by atoms with Crippen molar-refractivity contribution in [2.24, 2.45) is 5.92 Å². The molecule has 1 aromatic heterocycles. The van der Waals surface area contributed by atoms with Crippen LogP contribution in [0.25, 0.3) is 0 Å². The molecule has 0 saturated carbocycles. The molecule has 4 N–H and O–H groups in total. The fraction of sp³-hybridized carbons (Fsp3) is 0.333. The third kappa shape index (κ3) is 8.07. The Balaban J connectivity index is 1.54. The predicted octanol–water partition coefficient (Wildman–Crippen LogP) is 4.54. The van der Waals surface area contributed by atoms with Gasteiger partial charge >= 0.3 is 18.0 Å². The topological polar surface area (TPSA) is 156 Å². The number of benzene rings is 2. The van der Waals surface area contributed by atoms with Gasteiger partial charge in [0.1, 0.15) is 11.6 Å². The number of ether oxygens (including phenoxy) is 3. The first-order valence-corrected chi connectivity index (χ1v) is 14.4. The highest BCUT2D eigenvalue weighted by Gasteiger charge is 2.38. The number of nitrogens with one attached hydrogen (secondary N) is 2. The van der Waals surface area contributed by atoms with Gasteiger partial charge in [-0.05, 0) is 42.3 Å². The van der Waals surface area contributed by atoms with Gasteiger partial charge in [-0.15, -0.1) is 11.8 Å². The van der Waals surface area contributed by atoms with Crippen LogP contribution in [0.5, 0.6) is 0 Å². The number of esters is 1. The molecule has 0 spiro atoms. The minimum atomic E-state index is -1.05. The summed E-state index contributed by atoms with van der Waals surface area (Å²) < 4.78 is 17.7. The van der Waals surface area contributed by atoms with Gasteiger partial charge < -0.3 is 35.1 Å². The lowest BCUT2D eigenvalue weighted by molar-refractivity contribution is -0.268. The zero-order chi connectivity index (χ0) is 30.1. The van der Waals surface area contributed by atoms with Crippen molar-refractivity contribution < 1.29 is 38.8 Å². The number of pyridine rings is 1. The maximum absolute atomic E-state index is 12.3. The van der Waals surface area contributed by atoms with Gasteiger partial charge in [-0.25, -0.2) is 14.6 Å². The van der Waals surface area contributed by atoms with Crippen LogP contribution >= 0.6 is 11.8 Å². The third-order valence-corrected chi connectivity index (χ3v) is 7.72. The Labute approximate surface area is 247 Å². The van der Waals surface area contributed by atoms with Crippen molar-refractivity contribution >= 4 is 35.4 Å². The van der Waals surface area contributed by atoms with E-state index in [0.717, 1.165) is 11.1 Å². The van der Waals surface area contributed by atoms with Gasteiger partial charge in [-0.1, -0.05) is 43.3 Å². The Bertz CT molecular complexity index is 1390. The number of anilines is 1. The smallest absolute Gasteiger partial charge is 0.338 e. The normalized spacial score (nSPS) is 20.0. The molecular weight excluding hydrogens is 562 g/mol. The molecule has 42 heavy (non-hydrogen) atoms. The number of carbonyl (C=O) groups is 3. The second-order valence-electron chi connectivity index (χ2n) is 9.53. The largest absolute Gasteiger partial charge is 0.478 e. The number of urea groups is 1. The summed E-state index contributed by atoms with van der Waals surface area (Å²) in [5.74, 6) is -1.30. The number of nitrogens with zero attached hydrogens (tertiary/aromatic N) is 1. The summed E-state index contributed by atoms with van der Waals surface area (Å²) in [5, 5.41) is 24.6. The van der Waals surface area contributed by atoms with Crippen molar-refractivity contribution in [3.63, 3.8) is 0 Å². The van der Waals surface area contributed by atoms with Crippen molar-refractivity contribution in [3.8, 4) is 0 Å². The van der Waals surface area contributed by atoms with Crippen LogP contribution in [0.3, 0.4) is 0 Å². The summed E-state index contributed by atoms with van der Waals surface area (Å²) in [6, 6.07) is 17.0. The molecule has 1 saturated heterocycles. The zero-order valence-corrected chi connectivity index (χ0v) is 24.0.